The number of carbonyl (C=O) groups is 3. The van der Waals surface area contributed by atoms with Crippen LogP contribution in [0, 0.1) is 5.92 Å². The number of nitrogens with one attached hydrogen (secondary N) is 2. The lowest BCUT2D eigenvalue weighted by atomic mass is 10.1. The minimum Gasteiger partial charge on any atom is -0.469 e. The molecule has 0 aliphatic heterocycles. The average molecular weight is 298 g/mol. The molecule has 2 N–H and O–H groups in total. The largest absolute Gasteiger partial charge is 0.469 e. The Hall–Kier alpha value is -1.59. The Morgan fingerprint density at radius 2 is 1.62 bits per heavy atom. The molecule has 0 aromatic carbocycles. The monoisotopic (exact) mass is 298 g/mol. The summed E-state index contributed by atoms with van der Waals surface area (Å²) >= 11 is 0. The van der Waals surface area contributed by atoms with Gasteiger partial charge in [-0.3, -0.25) is 14.4 Å². The molecule has 120 valence electrons. The highest BCUT2D eigenvalue weighted by molar-refractivity contribution is 5.81. The topological polar surface area (TPSA) is 84.5 Å². The summed E-state index contributed by atoms with van der Waals surface area (Å²) in [5, 5.41) is 5.61. The van der Waals surface area contributed by atoms with Gasteiger partial charge in [0.2, 0.25) is 11.8 Å². The highest BCUT2D eigenvalue weighted by Gasteiger charge is 2.24. The molecule has 21 heavy (non-hydrogen) atoms. The molecule has 1 saturated carbocycles. The predicted molar refractivity (Wildman–Crippen MR) is 78.4 cm³/mol. The molecular weight excluding hydrogens is 272 g/mol. The molecule has 0 saturated heterocycles. The number of rotatable bonds is 7. The molecule has 0 aromatic heterocycles. The van der Waals surface area contributed by atoms with Crippen LogP contribution < -0.4 is 10.6 Å². The lowest BCUT2D eigenvalue weighted by Crippen LogP contribution is -2.42. The van der Waals surface area contributed by atoms with Gasteiger partial charge in [-0.1, -0.05) is 12.8 Å². The van der Waals surface area contributed by atoms with E-state index in [4.69, 9.17) is 0 Å². The van der Waals surface area contributed by atoms with Crippen molar-refractivity contribution in [2.45, 2.75) is 64.5 Å². The van der Waals surface area contributed by atoms with Gasteiger partial charge in [-0.15, -0.1) is 0 Å². The van der Waals surface area contributed by atoms with Crippen LogP contribution in [0.5, 0.6) is 0 Å². The Kier molecular flexibility index (Phi) is 7.19. The molecule has 0 unspecified atom stereocenters. The van der Waals surface area contributed by atoms with E-state index in [2.05, 4.69) is 15.4 Å². The molecular formula is C15H26N2O4. The van der Waals surface area contributed by atoms with Crippen molar-refractivity contribution in [1.82, 2.24) is 10.6 Å². The predicted octanol–water partition coefficient (Wildman–Crippen LogP) is 1.14. The molecule has 6 nitrogen and oxygen atoms in total. The van der Waals surface area contributed by atoms with E-state index in [-0.39, 0.29) is 48.6 Å². The summed E-state index contributed by atoms with van der Waals surface area (Å²) in [5.41, 5.74) is 0. The van der Waals surface area contributed by atoms with E-state index in [0.717, 1.165) is 25.7 Å². The number of methoxy groups -OCH3 is 1. The standard InChI is InChI=1S/C15H26N2O4/c1-10(17-15(20)12-6-4-5-7-12)8-13(18)16-11(2)9-14(19)21-3/h10-12H,4-9H2,1-3H3,(H,16,18)(H,17,20)/t10-,11-/m1/s1. The van der Waals surface area contributed by atoms with E-state index in [0.29, 0.717) is 0 Å². The Bertz CT molecular complexity index is 378. The summed E-state index contributed by atoms with van der Waals surface area (Å²) < 4.78 is 4.55. The first-order valence-corrected chi connectivity index (χ1v) is 7.59. The number of hydrogen-bond donors (Lipinski definition) is 2. The van der Waals surface area contributed by atoms with Gasteiger partial charge in [-0.2, -0.15) is 0 Å². The summed E-state index contributed by atoms with van der Waals surface area (Å²) in [4.78, 5) is 34.8. The van der Waals surface area contributed by atoms with Gasteiger partial charge >= 0.3 is 5.97 Å². The molecule has 0 bridgehead atoms. The second-order valence-electron chi connectivity index (χ2n) is 5.84. The van der Waals surface area contributed by atoms with Crippen LogP contribution in [-0.4, -0.2) is 37.0 Å². The maximum atomic E-state index is 11.9. The van der Waals surface area contributed by atoms with Crippen LogP contribution in [0.15, 0.2) is 0 Å². The third-order valence-electron chi connectivity index (χ3n) is 3.71. The first kappa shape index (κ1) is 17.5. The summed E-state index contributed by atoms with van der Waals surface area (Å²) in [6.45, 7) is 3.56. The van der Waals surface area contributed by atoms with Crippen molar-refractivity contribution in [3.63, 3.8) is 0 Å². The van der Waals surface area contributed by atoms with Gasteiger partial charge in [-0.05, 0) is 26.7 Å². The van der Waals surface area contributed by atoms with E-state index in [1.165, 1.54) is 7.11 Å². The number of carbonyl (C=O) groups excluding carboxylic acids is 3. The first-order valence-electron chi connectivity index (χ1n) is 7.59. The van der Waals surface area contributed by atoms with E-state index >= 15 is 0 Å². The molecule has 1 aliphatic rings. The van der Waals surface area contributed by atoms with Gasteiger partial charge in [0.1, 0.15) is 0 Å². The third-order valence-corrected chi connectivity index (χ3v) is 3.71. The number of ether oxygens (including phenoxy) is 1. The molecule has 1 fully saturated rings. The Morgan fingerprint density at radius 1 is 1.05 bits per heavy atom. The van der Waals surface area contributed by atoms with Crippen molar-refractivity contribution in [3.05, 3.63) is 0 Å². The zero-order valence-electron chi connectivity index (χ0n) is 13.1. The van der Waals surface area contributed by atoms with Crippen molar-refractivity contribution in [3.8, 4) is 0 Å². The Balaban J connectivity index is 2.26. The molecule has 2 amide bonds. The first-order chi connectivity index (χ1) is 9.92. The molecule has 6 heteroatoms. The maximum absolute atomic E-state index is 11.9. The van der Waals surface area contributed by atoms with Crippen molar-refractivity contribution in [1.29, 1.82) is 0 Å². The number of esters is 1. The van der Waals surface area contributed by atoms with Crippen molar-refractivity contribution < 1.29 is 19.1 Å². The third kappa shape index (κ3) is 6.60. The van der Waals surface area contributed by atoms with E-state index < -0.39 is 0 Å². The van der Waals surface area contributed by atoms with Gasteiger partial charge in [-0.25, -0.2) is 0 Å². The highest BCUT2D eigenvalue weighted by Crippen LogP contribution is 2.24. The summed E-state index contributed by atoms with van der Waals surface area (Å²) in [6, 6.07) is -0.480. The van der Waals surface area contributed by atoms with Crippen LogP contribution in [0.3, 0.4) is 0 Å². The Labute approximate surface area is 126 Å². The van der Waals surface area contributed by atoms with Crippen molar-refractivity contribution in [2.75, 3.05) is 7.11 Å². The second kappa shape index (κ2) is 8.64. The molecule has 1 rings (SSSR count). The molecule has 0 heterocycles. The normalized spacial score (nSPS) is 17.9. The van der Waals surface area contributed by atoms with Gasteiger partial charge < -0.3 is 15.4 Å². The lowest BCUT2D eigenvalue weighted by molar-refractivity contribution is -0.141. The zero-order valence-corrected chi connectivity index (χ0v) is 13.1. The summed E-state index contributed by atoms with van der Waals surface area (Å²) in [7, 11) is 1.32. The van der Waals surface area contributed by atoms with E-state index in [9.17, 15) is 14.4 Å². The Morgan fingerprint density at radius 3 is 2.19 bits per heavy atom. The van der Waals surface area contributed by atoms with Crippen molar-refractivity contribution >= 4 is 17.8 Å². The van der Waals surface area contributed by atoms with Crippen LogP contribution in [0.4, 0.5) is 0 Å². The molecule has 0 aromatic rings. The van der Waals surface area contributed by atoms with Crippen molar-refractivity contribution in [2.24, 2.45) is 5.92 Å². The van der Waals surface area contributed by atoms with Crippen LogP contribution in [0.25, 0.3) is 0 Å². The fourth-order valence-electron chi connectivity index (χ4n) is 2.60. The average Bonchev–Trinajstić information content (AvgIpc) is 2.91. The fourth-order valence-corrected chi connectivity index (χ4v) is 2.60. The maximum Gasteiger partial charge on any atom is 0.307 e. The molecule has 0 spiro atoms. The van der Waals surface area contributed by atoms with Gasteiger partial charge in [0.05, 0.1) is 13.5 Å². The number of hydrogen-bond acceptors (Lipinski definition) is 4. The van der Waals surface area contributed by atoms with Crippen LogP contribution >= 0.6 is 0 Å². The van der Waals surface area contributed by atoms with Crippen LogP contribution in [-0.2, 0) is 19.1 Å². The minimum atomic E-state index is -0.356. The second-order valence-corrected chi connectivity index (χ2v) is 5.84. The summed E-state index contributed by atoms with van der Waals surface area (Å²) in [5.74, 6) is -0.375. The molecule has 2 atom stereocenters. The smallest absolute Gasteiger partial charge is 0.307 e. The van der Waals surface area contributed by atoms with Gasteiger partial charge in [0.25, 0.3) is 0 Å². The van der Waals surface area contributed by atoms with Gasteiger partial charge in [0.15, 0.2) is 0 Å². The molecule has 1 aliphatic carbocycles. The van der Waals surface area contributed by atoms with Crippen LogP contribution in [0.2, 0.25) is 0 Å². The lowest BCUT2D eigenvalue weighted by Gasteiger charge is -2.18. The molecule has 0 radical (unpaired) electrons. The van der Waals surface area contributed by atoms with Crippen LogP contribution in [0.1, 0.15) is 52.4 Å². The highest BCUT2D eigenvalue weighted by atomic mass is 16.5. The minimum absolute atomic E-state index is 0.0513. The van der Waals surface area contributed by atoms with E-state index in [1.54, 1.807) is 6.92 Å². The van der Waals surface area contributed by atoms with E-state index in [1.807, 2.05) is 6.92 Å². The summed E-state index contributed by atoms with van der Waals surface area (Å²) in [6.07, 6.45) is 4.47. The SMILES string of the molecule is COC(=O)C[C@@H](C)NC(=O)C[C@@H](C)NC(=O)C1CCCC1. The zero-order chi connectivity index (χ0) is 15.8. The van der Waals surface area contributed by atoms with Gasteiger partial charge in [0, 0.05) is 24.4 Å². The fraction of sp³-hybridized carbons (Fsp3) is 0.800. The quantitative estimate of drug-likeness (QED) is 0.690. The number of amides is 2.